The van der Waals surface area contributed by atoms with Gasteiger partial charge in [0.05, 0.1) is 11.1 Å². The molecule has 0 radical (unpaired) electrons. The third kappa shape index (κ3) is 3.90. The fourth-order valence-corrected chi connectivity index (χ4v) is 1.84. The third-order valence-corrected chi connectivity index (χ3v) is 3.13. The van der Waals surface area contributed by atoms with Gasteiger partial charge < -0.3 is 15.6 Å². The number of carbonyl (C=O) groups excluding carboxylic acids is 1. The van der Waals surface area contributed by atoms with Crippen LogP contribution >= 0.6 is 11.6 Å². The second-order valence-corrected chi connectivity index (χ2v) is 4.76. The van der Waals surface area contributed by atoms with Crippen LogP contribution in [0, 0.1) is 11.0 Å². The molecule has 1 aromatic heterocycles. The Kier molecular flexibility index (Phi) is 4.72. The van der Waals surface area contributed by atoms with Gasteiger partial charge in [-0.3, -0.25) is 4.79 Å². The molecule has 0 fully saturated rings. The molecule has 1 aromatic carbocycles. The highest BCUT2D eigenvalue weighted by atomic mass is 35.5. The predicted molar refractivity (Wildman–Crippen MR) is 74.1 cm³/mol. The lowest BCUT2D eigenvalue weighted by Crippen LogP contribution is -2.32. The molecular formula is C14H12ClFN2O3. The normalized spacial score (nSPS) is 12.0. The Bertz CT molecular complexity index is 666. The van der Waals surface area contributed by atoms with Gasteiger partial charge in [-0.05, 0) is 23.8 Å². The van der Waals surface area contributed by atoms with Crippen molar-refractivity contribution in [2.75, 3.05) is 6.54 Å². The monoisotopic (exact) mass is 310 g/mol. The van der Waals surface area contributed by atoms with Crippen LogP contribution < -0.4 is 10.0 Å². The molecule has 21 heavy (non-hydrogen) atoms. The molecule has 0 bridgehead atoms. The minimum atomic E-state index is -1.08. The number of aliphatic hydroxyl groups is 1. The van der Waals surface area contributed by atoms with Crippen molar-refractivity contribution in [2.24, 2.45) is 0 Å². The summed E-state index contributed by atoms with van der Waals surface area (Å²) in [5.74, 6) is -1.15. The Labute approximate surface area is 125 Å². The molecule has 2 aromatic rings. The maximum Gasteiger partial charge on any atom is 0.257 e. The molecule has 1 atom stereocenters. The zero-order chi connectivity index (χ0) is 15.4. The summed E-state index contributed by atoms with van der Waals surface area (Å²) in [6.45, 7) is -0.117. The van der Waals surface area contributed by atoms with Gasteiger partial charge in [0.15, 0.2) is 12.4 Å². The molecular weight excluding hydrogens is 299 g/mol. The van der Waals surface area contributed by atoms with Crippen molar-refractivity contribution < 1.29 is 19.0 Å². The van der Waals surface area contributed by atoms with E-state index in [1.54, 1.807) is 0 Å². The average Bonchev–Trinajstić information content (AvgIpc) is 2.47. The van der Waals surface area contributed by atoms with Gasteiger partial charge in [0.1, 0.15) is 11.4 Å². The van der Waals surface area contributed by atoms with Gasteiger partial charge in [-0.1, -0.05) is 17.7 Å². The van der Waals surface area contributed by atoms with E-state index in [9.17, 15) is 19.5 Å². The van der Waals surface area contributed by atoms with Crippen LogP contribution in [0.15, 0.2) is 42.7 Å². The van der Waals surface area contributed by atoms with Gasteiger partial charge >= 0.3 is 0 Å². The maximum atomic E-state index is 13.3. The van der Waals surface area contributed by atoms with Crippen molar-refractivity contribution in [3.63, 3.8) is 0 Å². The second kappa shape index (κ2) is 6.51. The number of aromatic nitrogens is 1. The number of aliphatic hydroxyl groups excluding tert-OH is 1. The topological polar surface area (TPSA) is 76.3 Å². The number of hydrogen-bond donors (Lipinski definition) is 2. The summed E-state index contributed by atoms with van der Waals surface area (Å²) in [7, 11) is 0. The number of carbonyl (C=O) groups is 1. The first-order valence-corrected chi connectivity index (χ1v) is 6.45. The van der Waals surface area contributed by atoms with Crippen LogP contribution in [0.4, 0.5) is 4.39 Å². The van der Waals surface area contributed by atoms with Crippen LogP contribution in [0.2, 0.25) is 5.02 Å². The molecule has 2 rings (SSSR count). The van der Waals surface area contributed by atoms with Gasteiger partial charge in [0.2, 0.25) is 0 Å². The fourth-order valence-electron chi connectivity index (χ4n) is 1.72. The minimum Gasteiger partial charge on any atom is -0.619 e. The summed E-state index contributed by atoms with van der Waals surface area (Å²) in [5, 5.41) is 23.4. The molecule has 5 nitrogen and oxygen atoms in total. The second-order valence-electron chi connectivity index (χ2n) is 4.35. The van der Waals surface area contributed by atoms with Gasteiger partial charge in [0, 0.05) is 12.6 Å². The number of halogens is 2. The first kappa shape index (κ1) is 15.2. The summed E-state index contributed by atoms with van der Waals surface area (Å²) < 4.78 is 13.8. The minimum absolute atomic E-state index is 0.0423. The van der Waals surface area contributed by atoms with Crippen molar-refractivity contribution in [1.82, 2.24) is 5.32 Å². The Morgan fingerprint density at radius 3 is 2.90 bits per heavy atom. The van der Waals surface area contributed by atoms with Crippen LogP contribution in [0.5, 0.6) is 0 Å². The van der Waals surface area contributed by atoms with Gasteiger partial charge in [-0.2, -0.15) is 4.73 Å². The van der Waals surface area contributed by atoms with E-state index in [1.165, 1.54) is 30.5 Å². The Morgan fingerprint density at radius 2 is 2.24 bits per heavy atom. The molecule has 110 valence electrons. The number of nitrogens with zero attached hydrogens (tertiary/aromatic N) is 1. The van der Waals surface area contributed by atoms with E-state index in [0.717, 1.165) is 12.3 Å². The molecule has 1 unspecified atom stereocenters. The van der Waals surface area contributed by atoms with Gasteiger partial charge in [-0.25, -0.2) is 4.39 Å². The van der Waals surface area contributed by atoms with Gasteiger partial charge in [0.25, 0.3) is 5.91 Å². The zero-order valence-electron chi connectivity index (χ0n) is 10.8. The van der Waals surface area contributed by atoms with Crippen LogP contribution in [-0.2, 0) is 0 Å². The summed E-state index contributed by atoms with van der Waals surface area (Å²) in [6, 6.07) is 6.81. The van der Waals surface area contributed by atoms with Crippen molar-refractivity contribution in [3.05, 3.63) is 69.9 Å². The van der Waals surface area contributed by atoms with E-state index in [4.69, 9.17) is 11.6 Å². The van der Waals surface area contributed by atoms with E-state index in [-0.39, 0.29) is 17.1 Å². The van der Waals surface area contributed by atoms with E-state index in [1.807, 2.05) is 0 Å². The summed E-state index contributed by atoms with van der Waals surface area (Å²) in [5.41, 5.74) is 0.464. The molecule has 2 N–H and O–H groups in total. The lowest BCUT2D eigenvalue weighted by atomic mass is 10.1. The van der Waals surface area contributed by atoms with Crippen LogP contribution in [0.1, 0.15) is 22.0 Å². The molecule has 0 saturated carbocycles. The van der Waals surface area contributed by atoms with Crippen molar-refractivity contribution in [1.29, 1.82) is 0 Å². The number of nitrogens with one attached hydrogen (secondary N) is 1. The number of rotatable bonds is 4. The smallest absolute Gasteiger partial charge is 0.257 e. The first-order chi connectivity index (χ1) is 9.97. The highest BCUT2D eigenvalue weighted by Gasteiger charge is 2.13. The van der Waals surface area contributed by atoms with Crippen LogP contribution in [0.3, 0.4) is 0 Å². The molecule has 0 aliphatic rings. The van der Waals surface area contributed by atoms with Gasteiger partial charge in [-0.15, -0.1) is 0 Å². The molecule has 0 spiro atoms. The Hall–Kier alpha value is -2.18. The number of benzene rings is 1. The van der Waals surface area contributed by atoms with E-state index in [2.05, 4.69) is 5.32 Å². The average molecular weight is 311 g/mol. The van der Waals surface area contributed by atoms with Crippen LogP contribution in [0.25, 0.3) is 0 Å². The Morgan fingerprint density at radius 1 is 1.48 bits per heavy atom. The molecule has 0 aliphatic carbocycles. The number of amides is 1. The molecule has 1 heterocycles. The largest absolute Gasteiger partial charge is 0.619 e. The quantitative estimate of drug-likeness (QED) is 0.665. The fraction of sp³-hybridized carbons (Fsp3) is 0.143. The molecule has 0 saturated heterocycles. The lowest BCUT2D eigenvalue weighted by Gasteiger charge is -2.12. The van der Waals surface area contributed by atoms with Crippen LogP contribution in [-0.4, -0.2) is 17.6 Å². The van der Waals surface area contributed by atoms with E-state index < -0.39 is 17.8 Å². The van der Waals surface area contributed by atoms with E-state index >= 15 is 0 Å². The van der Waals surface area contributed by atoms with Crippen molar-refractivity contribution in [3.8, 4) is 0 Å². The Balaban J connectivity index is 1.99. The molecule has 7 heteroatoms. The van der Waals surface area contributed by atoms with Crippen molar-refractivity contribution >= 4 is 17.5 Å². The molecule has 0 aliphatic heterocycles. The highest BCUT2D eigenvalue weighted by Crippen LogP contribution is 2.19. The van der Waals surface area contributed by atoms with E-state index in [0.29, 0.717) is 10.3 Å². The zero-order valence-corrected chi connectivity index (χ0v) is 11.5. The number of pyridine rings is 1. The van der Waals surface area contributed by atoms with Crippen molar-refractivity contribution in [2.45, 2.75) is 6.10 Å². The molecule has 1 amide bonds. The summed E-state index contributed by atoms with van der Waals surface area (Å²) >= 11 is 5.55. The first-order valence-electron chi connectivity index (χ1n) is 6.07. The predicted octanol–water partition coefficient (Wildman–Crippen LogP) is 1.58. The summed E-state index contributed by atoms with van der Waals surface area (Å²) in [4.78, 5) is 11.8. The lowest BCUT2D eigenvalue weighted by molar-refractivity contribution is -0.605. The summed E-state index contributed by atoms with van der Waals surface area (Å²) in [6.07, 6.45) is 1.29. The third-order valence-electron chi connectivity index (χ3n) is 2.82. The highest BCUT2D eigenvalue weighted by molar-refractivity contribution is 6.30. The standard InChI is InChI=1S/C14H12ClFN2O3/c15-11-4-3-9(6-12(11)16)13(19)7-17-14(20)10-2-1-5-18(21)8-10/h1-6,8,13,19H,7H2,(H,17,20). The number of hydrogen-bond acceptors (Lipinski definition) is 3. The maximum absolute atomic E-state index is 13.3. The SMILES string of the molecule is O=C(NCC(O)c1ccc(Cl)c(F)c1)c1ccc[n+]([O-])c1.